The van der Waals surface area contributed by atoms with Gasteiger partial charge in [-0.3, -0.25) is 0 Å². The minimum atomic E-state index is 0.355. The molecule has 0 spiro atoms. The van der Waals surface area contributed by atoms with Crippen molar-refractivity contribution in [1.82, 2.24) is 4.57 Å². The van der Waals surface area contributed by atoms with Crippen molar-refractivity contribution in [3.8, 4) is 0 Å². The van der Waals surface area contributed by atoms with Gasteiger partial charge in [0.05, 0.1) is 0 Å². The average Bonchev–Trinajstić information content (AvgIpc) is 2.48. The molecule has 1 saturated carbocycles. The summed E-state index contributed by atoms with van der Waals surface area (Å²) in [4.78, 5) is 0. The lowest BCUT2D eigenvalue weighted by Crippen LogP contribution is -2.35. The number of hydrogen-bond acceptors (Lipinski definition) is 1. The van der Waals surface area contributed by atoms with E-state index in [4.69, 9.17) is 5.73 Å². The summed E-state index contributed by atoms with van der Waals surface area (Å²) in [6.45, 7) is 4.35. The van der Waals surface area contributed by atoms with E-state index in [-0.39, 0.29) is 0 Å². The van der Waals surface area contributed by atoms with Crippen LogP contribution in [-0.2, 0) is 0 Å². The largest absolute Gasteiger partial charge is 0.345 e. The second-order valence-electron chi connectivity index (χ2n) is 4.50. The van der Waals surface area contributed by atoms with Gasteiger partial charge in [0.2, 0.25) is 0 Å². The first-order valence-corrected chi connectivity index (χ1v) is 5.60. The van der Waals surface area contributed by atoms with Crippen LogP contribution in [0.3, 0.4) is 0 Å². The third kappa shape index (κ3) is 1.59. The standard InChI is InChI=1S/C12H20N2/c1-9-7-8-10(2)14(9)12-6-4-3-5-11(12)13/h7-8,11-12H,3-6,13H2,1-2H3. The first-order chi connectivity index (χ1) is 6.70. The van der Waals surface area contributed by atoms with Crippen LogP contribution in [0.15, 0.2) is 12.1 Å². The van der Waals surface area contributed by atoms with E-state index in [0.29, 0.717) is 12.1 Å². The van der Waals surface area contributed by atoms with Gasteiger partial charge >= 0.3 is 0 Å². The van der Waals surface area contributed by atoms with Crippen molar-refractivity contribution in [3.05, 3.63) is 23.5 Å². The molecule has 0 aliphatic heterocycles. The summed E-state index contributed by atoms with van der Waals surface area (Å²) >= 11 is 0. The molecule has 2 nitrogen and oxygen atoms in total. The second-order valence-corrected chi connectivity index (χ2v) is 4.50. The van der Waals surface area contributed by atoms with E-state index >= 15 is 0 Å². The first kappa shape index (κ1) is 9.78. The molecule has 0 radical (unpaired) electrons. The molecule has 2 rings (SSSR count). The van der Waals surface area contributed by atoms with Gasteiger partial charge in [-0.05, 0) is 38.8 Å². The summed E-state index contributed by atoms with van der Waals surface area (Å²) in [5, 5.41) is 0. The molecule has 2 N–H and O–H groups in total. The van der Waals surface area contributed by atoms with E-state index in [9.17, 15) is 0 Å². The van der Waals surface area contributed by atoms with Crippen molar-refractivity contribution in [2.24, 2.45) is 5.73 Å². The number of nitrogens with two attached hydrogens (primary N) is 1. The van der Waals surface area contributed by atoms with Crippen LogP contribution >= 0.6 is 0 Å². The summed E-state index contributed by atoms with van der Waals surface area (Å²) in [6.07, 6.45) is 5.06. The van der Waals surface area contributed by atoms with E-state index < -0.39 is 0 Å². The van der Waals surface area contributed by atoms with Crippen molar-refractivity contribution in [1.29, 1.82) is 0 Å². The smallest absolute Gasteiger partial charge is 0.0486 e. The van der Waals surface area contributed by atoms with Gasteiger partial charge in [0, 0.05) is 23.5 Å². The molecule has 1 aromatic heterocycles. The Kier molecular flexibility index (Phi) is 2.64. The van der Waals surface area contributed by atoms with Gasteiger partial charge in [0.1, 0.15) is 0 Å². The molecule has 1 aliphatic rings. The van der Waals surface area contributed by atoms with Gasteiger partial charge in [0.15, 0.2) is 0 Å². The minimum Gasteiger partial charge on any atom is -0.345 e. The predicted molar refractivity (Wildman–Crippen MR) is 59.4 cm³/mol. The molecule has 1 heterocycles. The highest BCUT2D eigenvalue weighted by molar-refractivity contribution is 5.16. The lowest BCUT2D eigenvalue weighted by atomic mass is 9.90. The van der Waals surface area contributed by atoms with Crippen LogP contribution in [0.4, 0.5) is 0 Å². The Hall–Kier alpha value is -0.760. The summed E-state index contributed by atoms with van der Waals surface area (Å²) < 4.78 is 2.42. The Balaban J connectivity index is 2.28. The van der Waals surface area contributed by atoms with Crippen molar-refractivity contribution in [2.45, 2.75) is 51.6 Å². The molecule has 2 atom stereocenters. The third-order valence-electron chi connectivity index (χ3n) is 3.44. The van der Waals surface area contributed by atoms with Gasteiger partial charge in [-0.2, -0.15) is 0 Å². The molecule has 0 bridgehead atoms. The monoisotopic (exact) mass is 192 g/mol. The quantitative estimate of drug-likeness (QED) is 0.728. The highest BCUT2D eigenvalue weighted by atomic mass is 15.1. The van der Waals surface area contributed by atoms with E-state index in [1.807, 2.05) is 0 Å². The topological polar surface area (TPSA) is 30.9 Å². The van der Waals surface area contributed by atoms with E-state index in [2.05, 4.69) is 30.5 Å². The minimum absolute atomic E-state index is 0.355. The van der Waals surface area contributed by atoms with Gasteiger partial charge in [-0.25, -0.2) is 0 Å². The van der Waals surface area contributed by atoms with Gasteiger partial charge in [-0.1, -0.05) is 12.8 Å². The molecule has 1 aliphatic carbocycles. The molecule has 0 amide bonds. The van der Waals surface area contributed by atoms with Crippen LogP contribution in [0.5, 0.6) is 0 Å². The molecule has 2 unspecified atom stereocenters. The van der Waals surface area contributed by atoms with Crippen LogP contribution in [0.1, 0.15) is 43.1 Å². The predicted octanol–water partition coefficient (Wildman–Crippen LogP) is 2.55. The zero-order valence-corrected chi connectivity index (χ0v) is 9.16. The molecular weight excluding hydrogens is 172 g/mol. The third-order valence-corrected chi connectivity index (χ3v) is 3.44. The Bertz CT molecular complexity index is 295. The number of rotatable bonds is 1. The summed E-state index contributed by atoms with van der Waals surface area (Å²) in [5.41, 5.74) is 8.89. The first-order valence-electron chi connectivity index (χ1n) is 5.60. The normalized spacial score (nSPS) is 27.9. The average molecular weight is 192 g/mol. The fourth-order valence-corrected chi connectivity index (χ4v) is 2.66. The molecule has 2 heteroatoms. The highest BCUT2D eigenvalue weighted by Crippen LogP contribution is 2.29. The maximum Gasteiger partial charge on any atom is 0.0486 e. The molecular formula is C12H20N2. The number of hydrogen-bond donors (Lipinski definition) is 1. The van der Waals surface area contributed by atoms with E-state index in [0.717, 1.165) is 0 Å². The maximum atomic E-state index is 6.19. The molecule has 0 aromatic carbocycles. The lowest BCUT2D eigenvalue weighted by Gasteiger charge is -2.32. The Morgan fingerprint density at radius 3 is 2.29 bits per heavy atom. The van der Waals surface area contributed by atoms with Crippen molar-refractivity contribution < 1.29 is 0 Å². The SMILES string of the molecule is Cc1ccc(C)n1C1CCCCC1N. The van der Waals surface area contributed by atoms with Gasteiger partial charge in [-0.15, -0.1) is 0 Å². The fourth-order valence-electron chi connectivity index (χ4n) is 2.66. The molecule has 1 fully saturated rings. The Morgan fingerprint density at radius 1 is 1.14 bits per heavy atom. The number of aromatic nitrogens is 1. The molecule has 0 saturated heterocycles. The van der Waals surface area contributed by atoms with E-state index in [1.165, 1.54) is 37.1 Å². The van der Waals surface area contributed by atoms with Crippen LogP contribution in [0.25, 0.3) is 0 Å². The zero-order valence-electron chi connectivity index (χ0n) is 9.16. The maximum absolute atomic E-state index is 6.19. The van der Waals surface area contributed by atoms with Gasteiger partial charge in [0.25, 0.3) is 0 Å². The van der Waals surface area contributed by atoms with Crippen LogP contribution in [0, 0.1) is 13.8 Å². The summed E-state index contributed by atoms with van der Waals surface area (Å²) in [7, 11) is 0. The highest BCUT2D eigenvalue weighted by Gasteiger charge is 2.24. The summed E-state index contributed by atoms with van der Waals surface area (Å²) in [5.74, 6) is 0. The Labute approximate surface area is 86.1 Å². The van der Waals surface area contributed by atoms with Crippen molar-refractivity contribution in [2.75, 3.05) is 0 Å². The van der Waals surface area contributed by atoms with Crippen molar-refractivity contribution >= 4 is 0 Å². The lowest BCUT2D eigenvalue weighted by molar-refractivity contribution is 0.300. The number of nitrogens with zero attached hydrogens (tertiary/aromatic N) is 1. The number of aryl methyl sites for hydroxylation is 2. The van der Waals surface area contributed by atoms with Gasteiger partial charge < -0.3 is 10.3 Å². The summed E-state index contributed by atoms with van der Waals surface area (Å²) in [6, 6.07) is 5.28. The molecule has 78 valence electrons. The molecule has 14 heavy (non-hydrogen) atoms. The zero-order chi connectivity index (χ0) is 10.1. The van der Waals surface area contributed by atoms with Crippen LogP contribution in [0.2, 0.25) is 0 Å². The van der Waals surface area contributed by atoms with Crippen LogP contribution < -0.4 is 5.73 Å². The van der Waals surface area contributed by atoms with E-state index in [1.54, 1.807) is 0 Å². The Morgan fingerprint density at radius 2 is 1.71 bits per heavy atom. The second kappa shape index (κ2) is 3.77. The fraction of sp³-hybridized carbons (Fsp3) is 0.667. The van der Waals surface area contributed by atoms with Crippen LogP contribution in [-0.4, -0.2) is 10.6 Å². The van der Waals surface area contributed by atoms with Crippen molar-refractivity contribution in [3.63, 3.8) is 0 Å². The molecule has 1 aromatic rings.